The highest BCUT2D eigenvalue weighted by Gasteiger charge is 2.19. The van der Waals surface area contributed by atoms with Crippen molar-refractivity contribution >= 4 is 21.6 Å². The Labute approximate surface area is 168 Å². The minimum absolute atomic E-state index is 0.0790. The highest BCUT2D eigenvalue weighted by molar-refractivity contribution is 7.92. The van der Waals surface area contributed by atoms with Crippen LogP contribution < -0.4 is 9.62 Å². The maximum atomic E-state index is 12.3. The molecule has 2 rings (SSSR count). The number of nitrogens with zero attached hydrogens (tertiary/aromatic N) is 1. The van der Waals surface area contributed by atoms with E-state index in [4.69, 9.17) is 0 Å². The number of aryl methyl sites for hydroxylation is 3. The Hall–Kier alpha value is -2.34. The van der Waals surface area contributed by atoms with Crippen LogP contribution in [-0.4, -0.2) is 27.1 Å². The Morgan fingerprint density at radius 3 is 2.25 bits per heavy atom. The van der Waals surface area contributed by atoms with E-state index in [1.54, 1.807) is 0 Å². The second kappa shape index (κ2) is 9.24. The van der Waals surface area contributed by atoms with Gasteiger partial charge >= 0.3 is 0 Å². The highest BCUT2D eigenvalue weighted by Crippen LogP contribution is 2.22. The molecule has 6 heteroatoms. The molecule has 28 heavy (non-hydrogen) atoms. The van der Waals surface area contributed by atoms with Crippen molar-refractivity contribution in [2.24, 2.45) is 0 Å². The van der Waals surface area contributed by atoms with Gasteiger partial charge in [-0.25, -0.2) is 8.42 Å². The average Bonchev–Trinajstić information content (AvgIpc) is 2.57. The number of benzene rings is 2. The molecule has 0 aliphatic heterocycles. The molecule has 0 radical (unpaired) electrons. The molecule has 1 atom stereocenters. The fourth-order valence-electron chi connectivity index (χ4n) is 3.43. The molecule has 0 bridgehead atoms. The number of sulfonamides is 1. The van der Waals surface area contributed by atoms with Crippen LogP contribution in [0.2, 0.25) is 0 Å². The number of rotatable bonds is 8. The summed E-state index contributed by atoms with van der Waals surface area (Å²) in [6.45, 7) is 8.13. The lowest BCUT2D eigenvalue weighted by Gasteiger charge is -2.23. The summed E-state index contributed by atoms with van der Waals surface area (Å²) >= 11 is 0. The maximum Gasteiger partial charge on any atom is 0.232 e. The van der Waals surface area contributed by atoms with E-state index >= 15 is 0 Å². The van der Waals surface area contributed by atoms with Crippen LogP contribution >= 0.6 is 0 Å². The Balaban J connectivity index is 1.98. The summed E-state index contributed by atoms with van der Waals surface area (Å²) in [6.07, 6.45) is 1.92. The van der Waals surface area contributed by atoms with Gasteiger partial charge in [-0.2, -0.15) is 0 Å². The van der Waals surface area contributed by atoms with Gasteiger partial charge in [-0.1, -0.05) is 30.3 Å². The molecule has 5 nitrogen and oxygen atoms in total. The van der Waals surface area contributed by atoms with Gasteiger partial charge in [0.05, 0.1) is 18.0 Å². The minimum Gasteiger partial charge on any atom is -0.350 e. The first-order valence-electron chi connectivity index (χ1n) is 9.49. The van der Waals surface area contributed by atoms with Crippen molar-refractivity contribution in [1.82, 2.24) is 5.32 Å². The van der Waals surface area contributed by atoms with Crippen LogP contribution in [0.15, 0.2) is 42.5 Å². The number of carbonyl (C=O) groups excluding carboxylic acids is 1. The van der Waals surface area contributed by atoms with E-state index in [1.165, 1.54) is 10.6 Å². The smallest absolute Gasteiger partial charge is 0.232 e. The van der Waals surface area contributed by atoms with Gasteiger partial charge in [0.2, 0.25) is 15.9 Å². The monoisotopic (exact) mass is 402 g/mol. The number of nitrogens with one attached hydrogen (secondary N) is 1. The SMILES string of the molecule is Cc1cc(C)cc(N(CCCC(=O)N[C@@H](C)c2ccccc2C)S(C)(=O)=O)c1. The highest BCUT2D eigenvalue weighted by atomic mass is 32.2. The van der Waals surface area contributed by atoms with Crippen LogP contribution in [0.1, 0.15) is 48.1 Å². The molecule has 1 N–H and O–H groups in total. The standard InChI is InChI=1S/C22H30N2O3S/c1-16-13-17(2)15-20(14-16)24(28(5,26)27)12-8-11-22(25)23-19(4)21-10-7-6-9-18(21)3/h6-7,9-10,13-15,19H,8,11-12H2,1-5H3,(H,23,25)/t19-/m0/s1. The molecular formula is C22H30N2O3S. The number of carbonyl (C=O) groups is 1. The first kappa shape index (κ1) is 22.0. The van der Waals surface area contributed by atoms with Gasteiger partial charge in [-0.15, -0.1) is 0 Å². The lowest BCUT2D eigenvalue weighted by molar-refractivity contribution is -0.121. The first-order valence-corrected chi connectivity index (χ1v) is 11.3. The molecule has 0 aliphatic rings. The second-order valence-corrected chi connectivity index (χ2v) is 9.34. The van der Waals surface area contributed by atoms with Gasteiger partial charge in [0, 0.05) is 13.0 Å². The summed E-state index contributed by atoms with van der Waals surface area (Å²) < 4.78 is 25.9. The quantitative estimate of drug-likeness (QED) is 0.725. The minimum atomic E-state index is -3.42. The van der Waals surface area contributed by atoms with Gasteiger partial charge in [0.25, 0.3) is 0 Å². The maximum absolute atomic E-state index is 12.3. The Morgan fingerprint density at radius 1 is 1.07 bits per heavy atom. The Morgan fingerprint density at radius 2 is 1.68 bits per heavy atom. The predicted molar refractivity (Wildman–Crippen MR) is 115 cm³/mol. The fraction of sp³-hybridized carbons (Fsp3) is 0.409. The van der Waals surface area contributed by atoms with E-state index < -0.39 is 10.0 Å². The number of anilines is 1. The molecule has 1 amide bonds. The molecule has 0 fully saturated rings. The molecule has 0 saturated heterocycles. The van der Waals surface area contributed by atoms with Gasteiger partial charge in [-0.05, 0) is 68.5 Å². The number of amides is 1. The lowest BCUT2D eigenvalue weighted by atomic mass is 10.0. The second-order valence-electron chi connectivity index (χ2n) is 7.43. The predicted octanol–water partition coefficient (Wildman–Crippen LogP) is 4.04. The topological polar surface area (TPSA) is 66.5 Å². The van der Waals surface area contributed by atoms with Crippen molar-refractivity contribution in [3.05, 3.63) is 64.7 Å². The average molecular weight is 403 g/mol. The van der Waals surface area contributed by atoms with Gasteiger partial charge in [-0.3, -0.25) is 9.10 Å². The van der Waals surface area contributed by atoms with E-state index in [9.17, 15) is 13.2 Å². The summed E-state index contributed by atoms with van der Waals surface area (Å²) in [6, 6.07) is 13.6. The molecule has 2 aromatic carbocycles. The largest absolute Gasteiger partial charge is 0.350 e. The molecule has 0 unspecified atom stereocenters. The third kappa shape index (κ3) is 6.09. The zero-order valence-electron chi connectivity index (χ0n) is 17.3. The first-order chi connectivity index (χ1) is 13.1. The molecule has 152 valence electrons. The summed E-state index contributed by atoms with van der Waals surface area (Å²) in [5.74, 6) is -0.0790. The summed E-state index contributed by atoms with van der Waals surface area (Å²) in [4.78, 5) is 12.3. The van der Waals surface area contributed by atoms with E-state index in [0.29, 0.717) is 12.1 Å². The van der Waals surface area contributed by atoms with Crippen molar-refractivity contribution in [1.29, 1.82) is 0 Å². The van der Waals surface area contributed by atoms with Crippen LogP contribution in [0, 0.1) is 20.8 Å². The van der Waals surface area contributed by atoms with E-state index in [2.05, 4.69) is 5.32 Å². The van der Waals surface area contributed by atoms with Crippen molar-refractivity contribution < 1.29 is 13.2 Å². The molecule has 0 aromatic heterocycles. The number of hydrogen-bond acceptors (Lipinski definition) is 3. The van der Waals surface area contributed by atoms with Gasteiger partial charge < -0.3 is 5.32 Å². The van der Waals surface area contributed by atoms with E-state index in [0.717, 1.165) is 22.3 Å². The Kier molecular flexibility index (Phi) is 7.24. The molecule has 0 heterocycles. The van der Waals surface area contributed by atoms with E-state index in [1.807, 2.05) is 70.2 Å². The van der Waals surface area contributed by atoms with Crippen molar-refractivity contribution in [2.75, 3.05) is 17.1 Å². The number of hydrogen-bond donors (Lipinski definition) is 1. The third-order valence-corrected chi connectivity index (χ3v) is 5.89. The molecule has 0 aliphatic carbocycles. The van der Waals surface area contributed by atoms with Crippen molar-refractivity contribution in [2.45, 2.75) is 46.6 Å². The molecule has 2 aromatic rings. The third-order valence-electron chi connectivity index (χ3n) is 4.69. The summed E-state index contributed by atoms with van der Waals surface area (Å²) in [7, 11) is -3.42. The lowest BCUT2D eigenvalue weighted by Crippen LogP contribution is -2.32. The molecule has 0 spiro atoms. The normalized spacial score (nSPS) is 12.5. The van der Waals surface area contributed by atoms with E-state index in [-0.39, 0.29) is 24.9 Å². The van der Waals surface area contributed by atoms with Crippen LogP contribution in [0.3, 0.4) is 0 Å². The fourth-order valence-corrected chi connectivity index (χ4v) is 4.38. The van der Waals surface area contributed by atoms with Crippen LogP contribution in [0.4, 0.5) is 5.69 Å². The zero-order chi connectivity index (χ0) is 20.9. The van der Waals surface area contributed by atoms with Crippen LogP contribution in [0.5, 0.6) is 0 Å². The zero-order valence-corrected chi connectivity index (χ0v) is 18.1. The summed E-state index contributed by atoms with van der Waals surface area (Å²) in [5, 5.41) is 3.00. The molecular weight excluding hydrogens is 372 g/mol. The van der Waals surface area contributed by atoms with Crippen molar-refractivity contribution in [3.8, 4) is 0 Å². The Bertz CT molecular complexity index is 918. The van der Waals surface area contributed by atoms with Gasteiger partial charge in [0.1, 0.15) is 0 Å². The van der Waals surface area contributed by atoms with Crippen LogP contribution in [0.25, 0.3) is 0 Å². The summed E-state index contributed by atoms with van der Waals surface area (Å²) in [5.41, 5.74) is 4.88. The van der Waals surface area contributed by atoms with Gasteiger partial charge in [0.15, 0.2) is 0 Å². The van der Waals surface area contributed by atoms with Crippen molar-refractivity contribution in [3.63, 3.8) is 0 Å². The molecule has 0 saturated carbocycles. The van der Waals surface area contributed by atoms with Crippen LogP contribution in [-0.2, 0) is 14.8 Å².